The lowest BCUT2D eigenvalue weighted by Gasteiger charge is -2.27. The van der Waals surface area contributed by atoms with Crippen LogP contribution in [0, 0.1) is 11.3 Å². The number of carbonyl (C=O) groups excluding carboxylic acids is 1. The number of hydrogen-bond acceptors (Lipinski definition) is 7. The minimum atomic E-state index is -4.31. The molecule has 4 rings (SSSR count). The van der Waals surface area contributed by atoms with Crippen LogP contribution in [-0.2, 0) is 27.0 Å². The molecule has 0 spiro atoms. The molecule has 1 N–H and O–H groups in total. The summed E-state index contributed by atoms with van der Waals surface area (Å²) in [4.78, 5) is 13.5. The van der Waals surface area contributed by atoms with Crippen LogP contribution in [0.15, 0.2) is 101 Å². The fourth-order valence-corrected chi connectivity index (χ4v) is 5.32. The first-order valence-electron chi connectivity index (χ1n) is 11.8. The normalized spacial score (nSPS) is 12.8. The predicted octanol–water partition coefficient (Wildman–Crippen LogP) is 5.75. The van der Waals surface area contributed by atoms with Crippen LogP contribution in [0.25, 0.3) is 0 Å². The molecule has 0 radical (unpaired) electrons. The quantitative estimate of drug-likeness (QED) is 0.271. The molecule has 1 atom stereocenters. The van der Waals surface area contributed by atoms with E-state index in [1.54, 1.807) is 65.9 Å². The van der Waals surface area contributed by atoms with Gasteiger partial charge in [0.25, 0.3) is 21.5 Å². The molecular formula is C29H26N2O5S2. The van der Waals surface area contributed by atoms with Crippen molar-refractivity contribution >= 4 is 27.3 Å². The smallest absolute Gasteiger partial charge is 0.298 e. The van der Waals surface area contributed by atoms with E-state index in [1.165, 1.54) is 24.3 Å². The van der Waals surface area contributed by atoms with E-state index in [9.17, 15) is 18.5 Å². The lowest BCUT2D eigenvalue weighted by molar-refractivity contribution is -0.131. The summed E-state index contributed by atoms with van der Waals surface area (Å²) < 4.78 is 40.2. The summed E-state index contributed by atoms with van der Waals surface area (Å²) >= 11 is 1.54. The maximum atomic E-state index is 13.6. The molecule has 3 aromatic carbocycles. The molecule has 9 heteroatoms. The van der Waals surface area contributed by atoms with E-state index in [4.69, 9.17) is 9.47 Å². The average molecular weight is 547 g/mol. The van der Waals surface area contributed by atoms with Crippen LogP contribution in [0.4, 0.5) is 0 Å². The zero-order chi connectivity index (χ0) is 27.2. The molecule has 1 unspecified atom stereocenters. The Balaban J connectivity index is 1.69. The first-order chi connectivity index (χ1) is 18.2. The van der Waals surface area contributed by atoms with Gasteiger partial charge in [-0.05, 0) is 70.3 Å². The van der Waals surface area contributed by atoms with Crippen molar-refractivity contribution in [1.82, 2.24) is 4.72 Å². The van der Waals surface area contributed by atoms with Crippen LogP contribution in [0.1, 0.15) is 36.5 Å². The number of nitriles is 1. The Bertz CT molecular complexity index is 1530. The van der Waals surface area contributed by atoms with Gasteiger partial charge >= 0.3 is 0 Å². The molecule has 0 saturated carbocycles. The minimum absolute atomic E-state index is 0.102. The van der Waals surface area contributed by atoms with E-state index in [0.717, 1.165) is 11.1 Å². The van der Waals surface area contributed by atoms with Gasteiger partial charge in [-0.1, -0.05) is 56.3 Å². The lowest BCUT2D eigenvalue weighted by Crippen LogP contribution is -2.49. The van der Waals surface area contributed by atoms with Crippen LogP contribution >= 0.6 is 11.3 Å². The Morgan fingerprint density at radius 1 is 1.00 bits per heavy atom. The molecule has 1 amide bonds. The maximum Gasteiger partial charge on any atom is 0.298 e. The minimum Gasteiger partial charge on any atom is -0.489 e. The second kappa shape index (κ2) is 11.5. The van der Waals surface area contributed by atoms with Crippen LogP contribution < -0.4 is 14.2 Å². The van der Waals surface area contributed by atoms with E-state index in [2.05, 4.69) is 4.72 Å². The second-order valence-corrected chi connectivity index (χ2v) is 11.3. The number of nitrogens with zero attached hydrogens (tertiary/aromatic N) is 1. The van der Waals surface area contributed by atoms with Crippen molar-refractivity contribution in [2.24, 2.45) is 0 Å². The SMILES string of the molecule is CC(C)c1ccc(S(=O)(=O)NC(=O)C(C#N)(Oc2ccccc2)c2cccc(OCc3ccsc3)c2)cc1. The number of benzene rings is 3. The van der Waals surface area contributed by atoms with Gasteiger partial charge in [-0.3, -0.25) is 4.79 Å². The molecule has 0 aliphatic carbocycles. The molecule has 1 aromatic heterocycles. The van der Waals surface area contributed by atoms with E-state index >= 15 is 0 Å². The fourth-order valence-electron chi connectivity index (χ4n) is 3.67. The zero-order valence-electron chi connectivity index (χ0n) is 20.8. The van der Waals surface area contributed by atoms with Crippen molar-refractivity contribution in [2.45, 2.75) is 36.9 Å². The molecule has 194 valence electrons. The van der Waals surface area contributed by atoms with Gasteiger partial charge in [0, 0.05) is 5.56 Å². The van der Waals surface area contributed by atoms with Crippen molar-refractivity contribution in [3.8, 4) is 17.6 Å². The standard InChI is InChI=1S/C29H26N2O5S2/c1-21(2)23-11-13-27(14-12-23)38(33,34)31-28(32)29(20-30,36-25-8-4-3-5-9-25)24-7-6-10-26(17-24)35-18-22-15-16-37-19-22/h3-17,19,21H,18H2,1-2H3,(H,31,32). The zero-order valence-corrected chi connectivity index (χ0v) is 22.5. The fraction of sp³-hybridized carbons (Fsp3) is 0.172. The number of para-hydroxylation sites is 1. The highest BCUT2D eigenvalue weighted by Gasteiger charge is 2.46. The molecule has 1 heterocycles. The highest BCUT2D eigenvalue weighted by Crippen LogP contribution is 2.32. The van der Waals surface area contributed by atoms with Gasteiger partial charge in [-0.2, -0.15) is 16.6 Å². The summed E-state index contributed by atoms with van der Waals surface area (Å²) in [5, 5.41) is 14.2. The van der Waals surface area contributed by atoms with Crippen molar-refractivity contribution in [3.05, 3.63) is 112 Å². The van der Waals surface area contributed by atoms with Crippen molar-refractivity contribution < 1.29 is 22.7 Å². The monoisotopic (exact) mass is 546 g/mol. The molecule has 0 saturated heterocycles. The van der Waals surface area contributed by atoms with Crippen molar-refractivity contribution in [3.63, 3.8) is 0 Å². The summed E-state index contributed by atoms with van der Waals surface area (Å²) in [7, 11) is -4.31. The molecular weight excluding hydrogens is 520 g/mol. The first kappa shape index (κ1) is 26.9. The van der Waals surface area contributed by atoms with Crippen molar-refractivity contribution in [2.75, 3.05) is 0 Å². The topological polar surface area (TPSA) is 105 Å². The molecule has 4 aromatic rings. The highest BCUT2D eigenvalue weighted by atomic mass is 32.2. The number of rotatable bonds is 10. The summed E-state index contributed by atoms with van der Waals surface area (Å²) in [6, 6.07) is 24.7. The Morgan fingerprint density at radius 2 is 1.71 bits per heavy atom. The summed E-state index contributed by atoms with van der Waals surface area (Å²) in [6.45, 7) is 4.27. The van der Waals surface area contributed by atoms with Crippen LogP contribution in [-0.4, -0.2) is 14.3 Å². The molecule has 0 aliphatic heterocycles. The number of carbonyl (C=O) groups is 1. The van der Waals surface area contributed by atoms with Gasteiger partial charge in [-0.25, -0.2) is 13.1 Å². The predicted molar refractivity (Wildman–Crippen MR) is 145 cm³/mol. The third kappa shape index (κ3) is 6.05. The van der Waals surface area contributed by atoms with Gasteiger partial charge < -0.3 is 9.47 Å². The number of sulfonamides is 1. The molecule has 0 aliphatic rings. The van der Waals surface area contributed by atoms with Crippen molar-refractivity contribution in [1.29, 1.82) is 5.26 Å². The Hall–Kier alpha value is -4.13. The molecule has 38 heavy (non-hydrogen) atoms. The van der Waals surface area contributed by atoms with Gasteiger partial charge in [-0.15, -0.1) is 0 Å². The summed E-state index contributed by atoms with van der Waals surface area (Å²) in [5.74, 6) is -0.328. The van der Waals surface area contributed by atoms with E-state index in [0.29, 0.717) is 12.4 Å². The third-order valence-electron chi connectivity index (χ3n) is 5.80. The molecule has 0 fully saturated rings. The van der Waals surface area contributed by atoms with E-state index < -0.39 is 21.5 Å². The van der Waals surface area contributed by atoms with Crippen LogP contribution in [0.3, 0.4) is 0 Å². The summed E-state index contributed by atoms with van der Waals surface area (Å²) in [6.07, 6.45) is 0. The van der Waals surface area contributed by atoms with Gasteiger partial charge in [0.2, 0.25) is 0 Å². The first-order valence-corrected chi connectivity index (χ1v) is 14.2. The van der Waals surface area contributed by atoms with Gasteiger partial charge in [0.1, 0.15) is 24.2 Å². The second-order valence-electron chi connectivity index (χ2n) is 8.81. The third-order valence-corrected chi connectivity index (χ3v) is 7.88. The number of thiophene rings is 1. The Labute approximate surface area is 226 Å². The van der Waals surface area contributed by atoms with Crippen LogP contribution in [0.5, 0.6) is 11.5 Å². The Kier molecular flexibility index (Phi) is 8.15. The number of amides is 1. The average Bonchev–Trinajstić information content (AvgIpc) is 3.45. The number of hydrogen-bond donors (Lipinski definition) is 1. The number of nitrogens with one attached hydrogen (secondary N) is 1. The lowest BCUT2D eigenvalue weighted by atomic mass is 9.94. The summed E-state index contributed by atoms with van der Waals surface area (Å²) in [5.41, 5.74) is -0.281. The number of ether oxygens (including phenoxy) is 2. The van der Waals surface area contributed by atoms with E-state index in [-0.39, 0.29) is 22.1 Å². The Morgan fingerprint density at radius 3 is 2.34 bits per heavy atom. The highest BCUT2D eigenvalue weighted by molar-refractivity contribution is 7.90. The van der Waals surface area contributed by atoms with E-state index in [1.807, 2.05) is 36.7 Å². The largest absolute Gasteiger partial charge is 0.489 e. The van der Waals surface area contributed by atoms with Crippen LogP contribution in [0.2, 0.25) is 0 Å². The van der Waals surface area contributed by atoms with Gasteiger partial charge in [0.15, 0.2) is 0 Å². The van der Waals surface area contributed by atoms with Gasteiger partial charge in [0.05, 0.1) is 4.90 Å². The molecule has 7 nitrogen and oxygen atoms in total. The molecule has 0 bridgehead atoms. The maximum absolute atomic E-state index is 13.6.